The molecule has 4 heterocycles. The quantitative estimate of drug-likeness (QED) is 0.0577. The molecule has 0 spiro atoms. The summed E-state index contributed by atoms with van der Waals surface area (Å²) in [6, 6.07) is 11.2. The van der Waals surface area contributed by atoms with Gasteiger partial charge in [-0.2, -0.15) is 0 Å². The Morgan fingerprint density at radius 1 is 0.677 bits per heavy atom. The van der Waals surface area contributed by atoms with Crippen molar-refractivity contribution in [1.82, 2.24) is 40.4 Å². The normalized spacial score (nSPS) is 19.4. The molecule has 0 unspecified atom stereocenters. The highest BCUT2D eigenvalue weighted by Gasteiger charge is 2.43. The second kappa shape index (κ2) is 19.5. The number of aromatic nitrogens is 4. The first-order valence-corrected chi connectivity index (χ1v) is 20.5. The van der Waals surface area contributed by atoms with Gasteiger partial charge < -0.3 is 39.9 Å². The van der Waals surface area contributed by atoms with Crippen LogP contribution in [0.1, 0.15) is 64.3 Å². The Bertz CT molecular complexity index is 2230. The maximum atomic E-state index is 13.8. The number of rotatable bonds is 13. The van der Waals surface area contributed by atoms with Crippen LogP contribution in [0, 0.1) is 11.8 Å². The summed E-state index contributed by atoms with van der Waals surface area (Å²) in [6.45, 7) is 7.47. The predicted molar refractivity (Wildman–Crippen MR) is 229 cm³/mol. The molecule has 2 aliphatic heterocycles. The monoisotopic (exact) mass is 888 g/mol. The van der Waals surface area contributed by atoms with Crippen molar-refractivity contribution in [3.05, 3.63) is 91.4 Å². The molecule has 6 atom stereocenters. The van der Waals surface area contributed by atoms with Gasteiger partial charge in [0, 0.05) is 34.0 Å². The number of ether oxygens (including phenoxy) is 2. The van der Waals surface area contributed by atoms with Crippen LogP contribution >= 0.6 is 23.2 Å². The fourth-order valence-corrected chi connectivity index (χ4v) is 8.28. The van der Waals surface area contributed by atoms with Gasteiger partial charge >= 0.3 is 12.2 Å². The molecule has 2 saturated heterocycles. The van der Waals surface area contributed by atoms with Gasteiger partial charge in [0.2, 0.25) is 11.8 Å². The summed E-state index contributed by atoms with van der Waals surface area (Å²) in [4.78, 5) is 76.6. The maximum absolute atomic E-state index is 13.8. The molecule has 4 amide bonds. The van der Waals surface area contributed by atoms with Crippen molar-refractivity contribution in [1.29, 1.82) is 0 Å². The van der Waals surface area contributed by atoms with E-state index in [4.69, 9.17) is 53.7 Å². The SMILES string of the molecule is COC(=O)N[C@H](C(=O)N1C[C@H](N=[N+]=[N-])C[C@H]1c1nc(-c2ccc(-c3ccc(-c4nc([C@@H]5C[C@@H](N=[N+]=[N-])CN5C(=O)[C@@H](NC(=O)OC)C(C)C)[nH]c4Cl)cc3)cc2)c(Cl)[nH]1)C(C)C. The van der Waals surface area contributed by atoms with E-state index in [1.807, 2.05) is 48.5 Å². The van der Waals surface area contributed by atoms with Crippen molar-refractivity contribution < 1.29 is 28.7 Å². The molecule has 6 rings (SSSR count). The lowest BCUT2D eigenvalue weighted by Crippen LogP contribution is -2.51. The number of H-pyrrole nitrogens is 2. The van der Waals surface area contributed by atoms with E-state index in [1.165, 1.54) is 14.2 Å². The fraction of sp³-hybridized carbons (Fsp3) is 0.450. The van der Waals surface area contributed by atoms with Crippen molar-refractivity contribution in [3.8, 4) is 33.6 Å². The summed E-state index contributed by atoms with van der Waals surface area (Å²) in [7, 11) is 2.44. The standard InChI is InChI=1S/C40H46Cl2N14O6/c1-19(2)29(47-39(59)61-5)37(57)55-17-25(51-53-43)15-27(55)35-45-31(33(41)49-35)23-11-7-21(8-12-23)22-9-13-24(14-10-22)32-34(42)50-36(46-32)28-16-26(52-54-44)18-56(28)38(58)30(20(3)4)48-40(60)62-6/h7-14,19-20,25-30H,15-18H2,1-6H3,(H,45,49)(H,46,50)(H,47,59)(H,48,60)/t25-,26-,27+,28+,29+,30+/m1/s1. The third-order valence-corrected chi connectivity index (χ3v) is 11.5. The van der Waals surface area contributed by atoms with Gasteiger partial charge in [-0.15, -0.1) is 0 Å². The average molecular weight is 890 g/mol. The molecule has 4 N–H and O–H groups in total. The number of nitrogens with one attached hydrogen (secondary N) is 4. The number of nitrogens with zero attached hydrogens (tertiary/aromatic N) is 10. The number of hydrogen-bond donors (Lipinski definition) is 4. The van der Waals surface area contributed by atoms with Crippen LogP contribution in [-0.4, -0.2) is 105 Å². The number of hydrogen-bond acceptors (Lipinski definition) is 10. The van der Waals surface area contributed by atoms with E-state index in [0.717, 1.165) is 11.1 Å². The summed E-state index contributed by atoms with van der Waals surface area (Å²) >= 11 is 13.4. The fourth-order valence-electron chi connectivity index (χ4n) is 7.78. The Hall–Kier alpha value is -6.46. The number of imidazole rings is 2. The molecule has 0 bridgehead atoms. The van der Waals surface area contributed by atoms with E-state index < -0.39 is 48.4 Å². The molecule has 0 aliphatic carbocycles. The third kappa shape index (κ3) is 9.68. The minimum absolute atomic E-state index is 0.129. The van der Waals surface area contributed by atoms with E-state index in [2.05, 4.69) is 40.7 Å². The minimum atomic E-state index is -0.892. The summed E-state index contributed by atoms with van der Waals surface area (Å²) in [5.41, 5.74) is 22.5. The maximum Gasteiger partial charge on any atom is 0.407 e. The number of carbonyl (C=O) groups excluding carboxylic acids is 4. The molecular weight excluding hydrogens is 843 g/mol. The molecule has 22 heteroatoms. The zero-order valence-electron chi connectivity index (χ0n) is 34.7. The Balaban J connectivity index is 1.20. The molecule has 2 aromatic carbocycles. The second-order valence-corrected chi connectivity index (χ2v) is 16.4. The smallest absolute Gasteiger partial charge is 0.407 e. The first kappa shape index (κ1) is 45.1. The van der Waals surface area contributed by atoms with Crippen LogP contribution < -0.4 is 10.6 Å². The van der Waals surface area contributed by atoms with Crippen molar-refractivity contribution in [2.24, 2.45) is 22.1 Å². The molecule has 2 fully saturated rings. The molecule has 326 valence electrons. The van der Waals surface area contributed by atoms with Gasteiger partial charge in [-0.1, -0.05) is 110 Å². The molecule has 4 aromatic rings. The number of alkyl carbamates (subject to hydrolysis) is 2. The summed E-state index contributed by atoms with van der Waals surface area (Å²) in [6.07, 6.45) is -0.879. The number of carbonyl (C=O) groups is 4. The zero-order chi connectivity index (χ0) is 44.8. The number of benzene rings is 2. The Morgan fingerprint density at radius 2 is 1.02 bits per heavy atom. The van der Waals surface area contributed by atoms with Crippen LogP contribution in [0.25, 0.3) is 54.5 Å². The van der Waals surface area contributed by atoms with E-state index >= 15 is 0 Å². The van der Waals surface area contributed by atoms with Gasteiger partial charge in [-0.05, 0) is 46.9 Å². The lowest BCUT2D eigenvalue weighted by Gasteiger charge is -2.30. The lowest BCUT2D eigenvalue weighted by molar-refractivity contribution is -0.136. The molecule has 0 radical (unpaired) electrons. The van der Waals surface area contributed by atoms with Crippen molar-refractivity contribution in [3.63, 3.8) is 0 Å². The van der Waals surface area contributed by atoms with Gasteiger partial charge in [0.25, 0.3) is 0 Å². The van der Waals surface area contributed by atoms with Crippen LogP contribution in [0.15, 0.2) is 58.8 Å². The Labute approximate surface area is 366 Å². The molecule has 2 aliphatic rings. The average Bonchev–Trinajstić information content (AvgIpc) is 4.06. The number of aromatic amines is 2. The third-order valence-electron chi connectivity index (χ3n) is 11.0. The summed E-state index contributed by atoms with van der Waals surface area (Å²) in [5, 5.41) is 13.5. The highest BCUT2D eigenvalue weighted by Crippen LogP contribution is 2.39. The van der Waals surface area contributed by atoms with E-state index in [9.17, 15) is 19.2 Å². The molecular formula is C40H46Cl2N14O6. The second-order valence-electron chi connectivity index (χ2n) is 15.6. The zero-order valence-corrected chi connectivity index (χ0v) is 36.3. The first-order valence-electron chi connectivity index (χ1n) is 19.8. The highest BCUT2D eigenvalue weighted by molar-refractivity contribution is 6.32. The molecule has 0 saturated carbocycles. The number of halogens is 2. The van der Waals surface area contributed by atoms with Gasteiger partial charge in [0.1, 0.15) is 45.4 Å². The van der Waals surface area contributed by atoms with Crippen LogP contribution in [0.5, 0.6) is 0 Å². The van der Waals surface area contributed by atoms with Crippen LogP contribution in [0.2, 0.25) is 10.3 Å². The number of likely N-dealkylation sites (tertiary alicyclic amines) is 2. The van der Waals surface area contributed by atoms with Gasteiger partial charge in [-0.25, -0.2) is 19.6 Å². The lowest BCUT2D eigenvalue weighted by atomic mass is 10.0. The van der Waals surface area contributed by atoms with Gasteiger partial charge in [-0.3, -0.25) is 9.59 Å². The van der Waals surface area contributed by atoms with E-state index in [1.54, 1.807) is 37.5 Å². The van der Waals surface area contributed by atoms with Crippen LogP contribution in [-0.2, 0) is 19.1 Å². The molecule has 62 heavy (non-hydrogen) atoms. The van der Waals surface area contributed by atoms with E-state index in [0.29, 0.717) is 47.0 Å². The number of methoxy groups -OCH3 is 2. The number of amides is 4. The summed E-state index contributed by atoms with van der Waals surface area (Å²) in [5.74, 6) is -0.455. The highest BCUT2D eigenvalue weighted by atomic mass is 35.5. The largest absolute Gasteiger partial charge is 0.453 e. The van der Waals surface area contributed by atoms with Crippen molar-refractivity contribution in [2.45, 2.75) is 76.8 Å². The van der Waals surface area contributed by atoms with Crippen LogP contribution in [0.4, 0.5) is 9.59 Å². The predicted octanol–water partition coefficient (Wildman–Crippen LogP) is 8.11. The van der Waals surface area contributed by atoms with Crippen molar-refractivity contribution in [2.75, 3.05) is 27.3 Å². The topological polar surface area (TPSA) is 272 Å². The van der Waals surface area contributed by atoms with Crippen LogP contribution in [0.3, 0.4) is 0 Å². The molecule has 2 aromatic heterocycles. The molecule has 20 nitrogen and oxygen atoms in total. The van der Waals surface area contributed by atoms with Gasteiger partial charge in [0.05, 0.1) is 38.4 Å². The first-order chi connectivity index (χ1) is 29.7. The Kier molecular flexibility index (Phi) is 14.2. The van der Waals surface area contributed by atoms with Gasteiger partial charge in [0.15, 0.2) is 0 Å². The van der Waals surface area contributed by atoms with Crippen molar-refractivity contribution >= 4 is 47.2 Å². The van der Waals surface area contributed by atoms with E-state index in [-0.39, 0.29) is 47.0 Å². The Morgan fingerprint density at radius 3 is 1.32 bits per heavy atom. The minimum Gasteiger partial charge on any atom is -0.453 e. The summed E-state index contributed by atoms with van der Waals surface area (Å²) < 4.78 is 9.48. The number of azide groups is 2.